The van der Waals surface area contributed by atoms with Gasteiger partial charge in [0.1, 0.15) is 5.56 Å². The average Bonchev–Trinajstić information content (AvgIpc) is 3.29. The molecule has 0 amide bonds. The quantitative estimate of drug-likeness (QED) is 0.254. The molecule has 0 spiro atoms. The fourth-order valence-electron chi connectivity index (χ4n) is 4.74. The van der Waals surface area contributed by atoms with Gasteiger partial charge < -0.3 is 0 Å². The third-order valence-corrected chi connectivity index (χ3v) is 9.36. The molecule has 3 aliphatic rings. The van der Waals surface area contributed by atoms with E-state index in [0.717, 1.165) is 5.56 Å². The van der Waals surface area contributed by atoms with Gasteiger partial charge in [-0.25, -0.2) is 0 Å². The largest absolute Gasteiger partial charge is 1.00 e. The first-order chi connectivity index (χ1) is 17.6. The monoisotopic (exact) mass is 815 g/mol. The van der Waals surface area contributed by atoms with Crippen molar-refractivity contribution in [2.24, 2.45) is 0 Å². The molecular weight excluding hydrogens is 762 g/mol. The van der Waals surface area contributed by atoms with Gasteiger partial charge in [-0.1, -0.05) is 127 Å². The maximum absolute atomic E-state index is 6.69. The summed E-state index contributed by atoms with van der Waals surface area (Å²) < 4.78 is 0. The summed E-state index contributed by atoms with van der Waals surface area (Å²) in [6.45, 7) is 33.0. The van der Waals surface area contributed by atoms with E-state index < -0.39 is 0 Å². The molecule has 0 aromatic heterocycles. The van der Waals surface area contributed by atoms with Gasteiger partial charge in [-0.05, 0) is 101 Å². The smallest absolute Gasteiger partial charge is 0.0958 e. The Morgan fingerprint density at radius 3 is 0.585 bits per heavy atom. The van der Waals surface area contributed by atoms with Crippen molar-refractivity contribution < 1.29 is 63.7 Å². The first-order valence-electron chi connectivity index (χ1n) is 13.7. The van der Waals surface area contributed by atoms with Crippen LogP contribution in [0.5, 0.6) is 0 Å². The second kappa shape index (κ2) is 21.3. The molecule has 3 aliphatic carbocycles. The Morgan fingerprint density at radius 1 is 0.341 bits per heavy atom. The molecule has 0 aliphatic heterocycles. The predicted octanol–water partition coefficient (Wildman–Crippen LogP) is 8.72. The summed E-state index contributed by atoms with van der Waals surface area (Å²) in [7, 11) is 0. The zero-order valence-corrected chi connectivity index (χ0v) is 33.2. The molecule has 0 saturated heterocycles. The van der Waals surface area contributed by atoms with E-state index in [1.807, 2.05) is 30.3 Å². The Bertz CT molecular complexity index is 633. The molecule has 225 valence electrons. The summed E-state index contributed by atoms with van der Waals surface area (Å²) in [5.41, 5.74) is 0.826. The Balaban J connectivity index is -0.000000460. The summed E-state index contributed by atoms with van der Waals surface area (Å²) in [6.07, 6.45) is 0. The van der Waals surface area contributed by atoms with Crippen LogP contribution >= 0.6 is 0 Å². The molecule has 17 radical (unpaired) electrons. The van der Waals surface area contributed by atoms with Crippen molar-refractivity contribution in [3.63, 3.8) is 0 Å². The summed E-state index contributed by atoms with van der Waals surface area (Å²) >= 11 is 0. The van der Waals surface area contributed by atoms with Crippen LogP contribution in [0.4, 0.5) is 0 Å². The molecule has 4 heteroatoms. The maximum Gasteiger partial charge on any atom is 1.00 e. The second-order valence-corrected chi connectivity index (χ2v) is 10.9. The van der Waals surface area contributed by atoms with Crippen molar-refractivity contribution >= 4 is 0 Å². The van der Waals surface area contributed by atoms with Crippen molar-refractivity contribution in [2.75, 3.05) is 0 Å². The maximum atomic E-state index is 6.69. The molecule has 0 unspecified atom stereocenters. The third kappa shape index (κ3) is 12.1. The predicted molar refractivity (Wildman–Crippen MR) is 164 cm³/mol. The molecule has 3 saturated carbocycles. The van der Waals surface area contributed by atoms with Gasteiger partial charge in [0.25, 0.3) is 0 Å². The normalized spacial score (nSPS) is 22.4. The number of rotatable bonds is 0. The molecule has 4 rings (SSSR count). The molecular formula is C37H51NRu3+3. The number of benzene rings is 1. The van der Waals surface area contributed by atoms with Crippen molar-refractivity contribution in [2.45, 2.75) is 104 Å². The van der Waals surface area contributed by atoms with Gasteiger partial charge in [0.2, 0.25) is 0 Å². The zero-order valence-electron chi connectivity index (χ0n) is 27.9. The Labute approximate surface area is 296 Å². The van der Waals surface area contributed by atoms with Crippen molar-refractivity contribution in [1.82, 2.24) is 0 Å². The van der Waals surface area contributed by atoms with E-state index in [9.17, 15) is 0 Å². The minimum absolute atomic E-state index is 0. The van der Waals surface area contributed by atoms with Crippen LogP contribution in [0.1, 0.15) is 109 Å². The van der Waals surface area contributed by atoms with Crippen molar-refractivity contribution in [3.8, 4) is 6.07 Å². The topological polar surface area (TPSA) is 23.8 Å². The standard InChI is InChI=1S/3C10H15.C7H5N.3Ru/c3*1-6-7(2)9(4)10(5)8(6)3;8-6-7-4-2-1-3-5-7;;;/h3*1-5H3;1-5H;;;/q;;;;;2*+1/p+1. The summed E-state index contributed by atoms with van der Waals surface area (Å²) in [4.78, 5) is 0. The molecule has 0 bridgehead atoms. The Kier molecular flexibility index (Phi) is 23.9. The third-order valence-electron chi connectivity index (χ3n) is 9.36. The minimum Gasteiger partial charge on any atom is -0.0958 e. The summed E-state index contributed by atoms with van der Waals surface area (Å²) in [5, 5.41) is 6.69. The van der Waals surface area contributed by atoms with Crippen LogP contribution in [0.15, 0.2) is 30.3 Å². The van der Waals surface area contributed by atoms with E-state index in [-0.39, 0.29) is 58.4 Å². The average molecular weight is 813 g/mol. The first kappa shape index (κ1) is 46.0. The van der Waals surface area contributed by atoms with E-state index in [2.05, 4.69) is 110 Å². The molecule has 0 heterocycles. The first-order valence-corrected chi connectivity index (χ1v) is 13.7. The van der Waals surface area contributed by atoms with Crippen LogP contribution in [0.2, 0.25) is 0 Å². The van der Waals surface area contributed by atoms with E-state index in [0.29, 0.717) is 0 Å². The van der Waals surface area contributed by atoms with Crippen LogP contribution in [0, 0.1) is 94.8 Å². The van der Waals surface area contributed by atoms with Crippen LogP contribution in [-0.2, 0) is 58.4 Å². The van der Waals surface area contributed by atoms with E-state index in [4.69, 9.17) is 5.26 Å². The Hall–Kier alpha value is 0.580. The molecule has 1 nitrogen and oxygen atoms in total. The van der Waals surface area contributed by atoms with Gasteiger partial charge >= 0.3 is 45.0 Å². The number of nitrogens with one attached hydrogen (secondary N) is 1. The fraction of sp³-hybridized carbons (Fsp3) is 0.405. The van der Waals surface area contributed by atoms with Crippen LogP contribution in [-0.4, -0.2) is 0 Å². The molecule has 0 atom stereocenters. The van der Waals surface area contributed by atoms with Crippen LogP contribution in [0.3, 0.4) is 0 Å². The van der Waals surface area contributed by atoms with Crippen molar-refractivity contribution in [1.29, 1.82) is 0 Å². The van der Waals surface area contributed by atoms with E-state index >= 15 is 0 Å². The molecule has 1 aromatic rings. The van der Waals surface area contributed by atoms with Gasteiger partial charge in [-0.3, -0.25) is 0 Å². The van der Waals surface area contributed by atoms with Gasteiger partial charge in [-0.2, -0.15) is 0 Å². The number of hydrogen-bond acceptors (Lipinski definition) is 0. The minimum atomic E-state index is 0. The summed E-state index contributed by atoms with van der Waals surface area (Å²) in [6, 6.07) is 11.6. The zero-order chi connectivity index (χ0) is 29.5. The van der Waals surface area contributed by atoms with Crippen molar-refractivity contribution in [3.05, 3.63) is 125 Å². The molecule has 1 N–H and O–H groups in total. The van der Waals surface area contributed by atoms with E-state index in [1.165, 1.54) is 88.8 Å². The molecule has 41 heavy (non-hydrogen) atoms. The van der Waals surface area contributed by atoms with Gasteiger partial charge in [0, 0.05) is 19.5 Å². The van der Waals surface area contributed by atoms with Gasteiger partial charge in [0.05, 0.1) is 0 Å². The molecule has 1 aromatic carbocycles. The SMILES string of the molecule is C[C]1[C](C)[C](C)[C](C)[C]1C.C[C]1[C](C)[C](C)[C](C)[C]1C.C[C]1[C](C)[C](C)[C](C)[C]1C.[NH+]#Cc1ccccc1.[Ru+].[Ru+].[Ru]. The Morgan fingerprint density at radius 2 is 0.488 bits per heavy atom. The summed E-state index contributed by atoms with van der Waals surface area (Å²) in [5.74, 6) is 22.0. The second-order valence-electron chi connectivity index (χ2n) is 10.9. The van der Waals surface area contributed by atoms with Crippen LogP contribution in [0.25, 0.3) is 0 Å². The van der Waals surface area contributed by atoms with Gasteiger partial charge in [0.15, 0.2) is 0 Å². The van der Waals surface area contributed by atoms with E-state index in [1.54, 1.807) is 0 Å². The number of hydrogen-bond donors (Lipinski definition) is 1. The molecule has 3 fully saturated rings. The van der Waals surface area contributed by atoms with Crippen LogP contribution < -0.4 is 5.26 Å². The fourth-order valence-corrected chi connectivity index (χ4v) is 4.74. The van der Waals surface area contributed by atoms with Gasteiger partial charge in [-0.15, -0.1) is 0 Å².